The first-order valence-electron chi connectivity index (χ1n) is 5.02. The summed E-state index contributed by atoms with van der Waals surface area (Å²) in [5, 5.41) is 0. The predicted molar refractivity (Wildman–Crippen MR) is 62.5 cm³/mol. The monoisotopic (exact) mass is 258 g/mol. The van der Waals surface area contributed by atoms with Crippen LogP contribution in [0.1, 0.15) is 30.9 Å². The SMILES string of the molecule is CCC(Br)CCc1cc(C)cc(F)c1. The summed E-state index contributed by atoms with van der Waals surface area (Å²) in [5.74, 6) is -0.123. The van der Waals surface area contributed by atoms with Gasteiger partial charge < -0.3 is 0 Å². The van der Waals surface area contributed by atoms with E-state index in [1.807, 2.05) is 6.92 Å². The molecule has 1 aromatic rings. The minimum Gasteiger partial charge on any atom is -0.207 e. The lowest BCUT2D eigenvalue weighted by Crippen LogP contribution is -1.98. The fourth-order valence-corrected chi connectivity index (χ4v) is 1.71. The second kappa shape index (κ2) is 5.50. The Bertz CT molecular complexity index is 276. The standard InChI is InChI=1S/C12H16BrF/c1-3-11(13)5-4-10-6-9(2)7-12(14)8-10/h6-8,11H,3-5H2,1-2H3. The maximum atomic E-state index is 13.0. The van der Waals surface area contributed by atoms with E-state index in [1.165, 1.54) is 0 Å². The predicted octanol–water partition coefficient (Wildman–Crippen LogP) is 4.24. The van der Waals surface area contributed by atoms with Crippen LogP contribution in [0.2, 0.25) is 0 Å². The van der Waals surface area contributed by atoms with Crippen LogP contribution >= 0.6 is 15.9 Å². The second-order valence-corrected chi connectivity index (χ2v) is 4.98. The molecule has 0 heterocycles. The van der Waals surface area contributed by atoms with Crippen LogP contribution < -0.4 is 0 Å². The Morgan fingerprint density at radius 3 is 2.64 bits per heavy atom. The molecule has 0 saturated carbocycles. The summed E-state index contributed by atoms with van der Waals surface area (Å²) in [6.45, 7) is 4.08. The molecule has 2 heteroatoms. The molecule has 0 amide bonds. The van der Waals surface area contributed by atoms with Crippen molar-refractivity contribution in [3.8, 4) is 0 Å². The van der Waals surface area contributed by atoms with Crippen molar-refractivity contribution in [3.05, 3.63) is 35.1 Å². The van der Waals surface area contributed by atoms with Crippen LogP contribution in [0.25, 0.3) is 0 Å². The summed E-state index contributed by atoms with van der Waals surface area (Å²) in [5.41, 5.74) is 2.10. The first-order chi connectivity index (χ1) is 6.61. The molecule has 78 valence electrons. The van der Waals surface area contributed by atoms with Crippen molar-refractivity contribution in [1.82, 2.24) is 0 Å². The summed E-state index contributed by atoms with van der Waals surface area (Å²) in [4.78, 5) is 0.547. The van der Waals surface area contributed by atoms with Gasteiger partial charge in [-0.05, 0) is 49.4 Å². The highest BCUT2D eigenvalue weighted by atomic mass is 79.9. The minimum atomic E-state index is -0.123. The van der Waals surface area contributed by atoms with Crippen molar-refractivity contribution in [1.29, 1.82) is 0 Å². The fraction of sp³-hybridized carbons (Fsp3) is 0.500. The van der Waals surface area contributed by atoms with Crippen LogP contribution in [-0.4, -0.2) is 4.83 Å². The molecule has 0 aromatic heterocycles. The maximum absolute atomic E-state index is 13.0. The highest BCUT2D eigenvalue weighted by Crippen LogP contribution is 2.15. The zero-order valence-electron chi connectivity index (χ0n) is 8.69. The smallest absolute Gasteiger partial charge is 0.123 e. The van der Waals surface area contributed by atoms with Crippen molar-refractivity contribution in [2.75, 3.05) is 0 Å². The highest BCUT2D eigenvalue weighted by molar-refractivity contribution is 9.09. The molecule has 0 spiro atoms. The van der Waals surface area contributed by atoms with Gasteiger partial charge in [0.2, 0.25) is 0 Å². The zero-order chi connectivity index (χ0) is 10.6. The van der Waals surface area contributed by atoms with Gasteiger partial charge in [-0.2, -0.15) is 0 Å². The number of halogens is 2. The Morgan fingerprint density at radius 2 is 2.07 bits per heavy atom. The molecule has 14 heavy (non-hydrogen) atoms. The number of benzene rings is 1. The second-order valence-electron chi connectivity index (χ2n) is 3.68. The van der Waals surface area contributed by atoms with Gasteiger partial charge in [0.15, 0.2) is 0 Å². The molecule has 0 aliphatic rings. The Labute approximate surface area is 93.7 Å². The molecule has 0 fully saturated rings. The Hall–Kier alpha value is -0.370. The van der Waals surface area contributed by atoms with Gasteiger partial charge in [-0.1, -0.05) is 28.9 Å². The largest absolute Gasteiger partial charge is 0.207 e. The summed E-state index contributed by atoms with van der Waals surface area (Å²) in [7, 11) is 0. The molecular formula is C12H16BrF. The van der Waals surface area contributed by atoms with Crippen molar-refractivity contribution in [2.45, 2.75) is 37.9 Å². The summed E-state index contributed by atoms with van der Waals surface area (Å²) < 4.78 is 13.0. The number of alkyl halides is 1. The summed E-state index contributed by atoms with van der Waals surface area (Å²) in [6.07, 6.45) is 3.13. The van der Waals surface area contributed by atoms with Gasteiger partial charge in [0.1, 0.15) is 5.82 Å². The molecule has 1 rings (SSSR count). The van der Waals surface area contributed by atoms with E-state index in [2.05, 4.69) is 28.9 Å². The van der Waals surface area contributed by atoms with Crippen LogP contribution in [-0.2, 0) is 6.42 Å². The van der Waals surface area contributed by atoms with Gasteiger partial charge in [-0.15, -0.1) is 0 Å². The van der Waals surface area contributed by atoms with E-state index in [4.69, 9.17) is 0 Å². The van der Waals surface area contributed by atoms with Crippen molar-refractivity contribution < 1.29 is 4.39 Å². The van der Waals surface area contributed by atoms with Crippen LogP contribution in [0.5, 0.6) is 0 Å². The van der Waals surface area contributed by atoms with E-state index in [9.17, 15) is 4.39 Å². The third-order valence-corrected chi connectivity index (χ3v) is 3.40. The van der Waals surface area contributed by atoms with Gasteiger partial charge in [-0.25, -0.2) is 4.39 Å². The topological polar surface area (TPSA) is 0 Å². The molecule has 0 bridgehead atoms. The lowest BCUT2D eigenvalue weighted by Gasteiger charge is -2.07. The fourth-order valence-electron chi connectivity index (χ4n) is 1.48. The third-order valence-electron chi connectivity index (χ3n) is 2.29. The molecule has 0 aliphatic carbocycles. The van der Waals surface area contributed by atoms with Crippen molar-refractivity contribution in [3.63, 3.8) is 0 Å². The van der Waals surface area contributed by atoms with E-state index in [0.717, 1.165) is 30.4 Å². The maximum Gasteiger partial charge on any atom is 0.123 e. The van der Waals surface area contributed by atoms with Gasteiger partial charge in [-0.3, -0.25) is 0 Å². The average Bonchev–Trinajstić information content (AvgIpc) is 2.12. The van der Waals surface area contributed by atoms with Gasteiger partial charge in [0.25, 0.3) is 0 Å². The molecule has 1 aromatic carbocycles. The minimum absolute atomic E-state index is 0.123. The zero-order valence-corrected chi connectivity index (χ0v) is 10.3. The number of hydrogen-bond acceptors (Lipinski definition) is 0. The molecule has 0 nitrogen and oxygen atoms in total. The van der Waals surface area contributed by atoms with Gasteiger partial charge in [0.05, 0.1) is 0 Å². The lowest BCUT2D eigenvalue weighted by atomic mass is 10.0. The van der Waals surface area contributed by atoms with E-state index in [0.29, 0.717) is 4.83 Å². The Kier molecular flexibility index (Phi) is 4.59. The summed E-state index contributed by atoms with van der Waals surface area (Å²) in [6, 6.07) is 5.25. The normalized spacial score (nSPS) is 12.9. The van der Waals surface area contributed by atoms with Crippen molar-refractivity contribution in [2.24, 2.45) is 0 Å². The molecule has 0 radical (unpaired) electrons. The molecule has 1 unspecified atom stereocenters. The van der Waals surface area contributed by atoms with Crippen LogP contribution in [0.3, 0.4) is 0 Å². The number of aryl methyl sites for hydroxylation is 2. The van der Waals surface area contributed by atoms with E-state index < -0.39 is 0 Å². The Morgan fingerprint density at radius 1 is 1.36 bits per heavy atom. The lowest BCUT2D eigenvalue weighted by molar-refractivity contribution is 0.622. The van der Waals surface area contributed by atoms with Crippen LogP contribution in [0.4, 0.5) is 4.39 Å². The first kappa shape index (κ1) is 11.7. The van der Waals surface area contributed by atoms with Crippen LogP contribution in [0.15, 0.2) is 18.2 Å². The first-order valence-corrected chi connectivity index (χ1v) is 5.93. The Balaban J connectivity index is 2.58. The van der Waals surface area contributed by atoms with Crippen LogP contribution in [0, 0.1) is 12.7 Å². The quantitative estimate of drug-likeness (QED) is 0.709. The van der Waals surface area contributed by atoms with E-state index in [-0.39, 0.29) is 5.82 Å². The average molecular weight is 259 g/mol. The molecular weight excluding hydrogens is 243 g/mol. The summed E-state index contributed by atoms with van der Waals surface area (Å²) >= 11 is 3.58. The van der Waals surface area contributed by atoms with Gasteiger partial charge in [0, 0.05) is 4.83 Å². The van der Waals surface area contributed by atoms with E-state index >= 15 is 0 Å². The number of rotatable bonds is 4. The van der Waals surface area contributed by atoms with Gasteiger partial charge >= 0.3 is 0 Å². The molecule has 0 saturated heterocycles. The molecule has 0 aliphatic heterocycles. The van der Waals surface area contributed by atoms with Crippen molar-refractivity contribution >= 4 is 15.9 Å². The molecule has 1 atom stereocenters. The third kappa shape index (κ3) is 3.79. The number of hydrogen-bond donors (Lipinski definition) is 0. The molecule has 0 N–H and O–H groups in total. The highest BCUT2D eigenvalue weighted by Gasteiger charge is 2.03. The van der Waals surface area contributed by atoms with E-state index in [1.54, 1.807) is 12.1 Å².